The SMILES string of the molecule is CCCCCCCCCCCCCCCCCC(=O)NC(OP(=O)(O)OCC[N+](C)(C)C)C(C)OCCCCCCCC. The van der Waals surface area contributed by atoms with Crippen molar-refractivity contribution < 1.29 is 32.5 Å². The third kappa shape index (κ3) is 29.9. The topological polar surface area (TPSA) is 94.1 Å². The zero-order valence-electron chi connectivity index (χ0n) is 29.2. The average Bonchev–Trinajstić information content (AvgIpc) is 2.93. The summed E-state index contributed by atoms with van der Waals surface area (Å²) in [5, 5.41) is 2.80. The molecule has 0 saturated heterocycles. The molecule has 0 aromatic heterocycles. The molecule has 0 spiro atoms. The molecule has 0 saturated carbocycles. The first-order valence-electron chi connectivity index (χ1n) is 17.9. The molecule has 0 radical (unpaired) electrons. The molecule has 0 fully saturated rings. The number of quaternary nitrogens is 1. The van der Waals surface area contributed by atoms with Crippen molar-refractivity contribution in [2.24, 2.45) is 0 Å². The summed E-state index contributed by atoms with van der Waals surface area (Å²) >= 11 is 0. The maximum atomic E-state index is 12.7. The van der Waals surface area contributed by atoms with Crippen LogP contribution in [0.25, 0.3) is 0 Å². The van der Waals surface area contributed by atoms with Gasteiger partial charge in [0.15, 0.2) is 6.23 Å². The molecule has 43 heavy (non-hydrogen) atoms. The number of phosphoric ester groups is 1. The normalized spacial score (nSPS) is 14.9. The summed E-state index contributed by atoms with van der Waals surface area (Å²) in [7, 11) is 1.56. The molecule has 0 aromatic rings. The third-order valence-electron chi connectivity index (χ3n) is 7.88. The summed E-state index contributed by atoms with van der Waals surface area (Å²) in [5.74, 6) is -0.193. The second kappa shape index (κ2) is 27.8. The molecular weight excluding hydrogens is 563 g/mol. The van der Waals surface area contributed by atoms with E-state index in [9.17, 15) is 14.3 Å². The van der Waals surface area contributed by atoms with E-state index in [0.29, 0.717) is 24.1 Å². The minimum Gasteiger partial charge on any atom is -0.374 e. The lowest BCUT2D eigenvalue weighted by Gasteiger charge is -2.28. The lowest BCUT2D eigenvalue weighted by molar-refractivity contribution is -0.870. The summed E-state index contributed by atoms with van der Waals surface area (Å²) in [6.45, 7) is 7.37. The van der Waals surface area contributed by atoms with E-state index >= 15 is 0 Å². The molecule has 2 N–H and O–H groups in total. The number of nitrogens with one attached hydrogen (secondary N) is 1. The van der Waals surface area contributed by atoms with Crippen LogP contribution in [-0.4, -0.2) is 68.5 Å². The number of unbranched alkanes of at least 4 members (excludes halogenated alkanes) is 19. The highest BCUT2D eigenvalue weighted by molar-refractivity contribution is 7.47. The molecule has 0 bridgehead atoms. The number of ether oxygens (including phenoxy) is 1. The van der Waals surface area contributed by atoms with Crippen molar-refractivity contribution in [1.29, 1.82) is 0 Å². The third-order valence-corrected chi connectivity index (χ3v) is 8.88. The van der Waals surface area contributed by atoms with Gasteiger partial charge < -0.3 is 19.4 Å². The Balaban J connectivity index is 4.35. The van der Waals surface area contributed by atoms with Crippen LogP contribution in [0.1, 0.15) is 162 Å². The van der Waals surface area contributed by atoms with E-state index < -0.39 is 20.2 Å². The summed E-state index contributed by atoms with van der Waals surface area (Å²) in [6.07, 6.45) is 24.7. The Labute approximate surface area is 266 Å². The van der Waals surface area contributed by atoms with Crippen molar-refractivity contribution in [1.82, 2.24) is 5.32 Å². The fourth-order valence-corrected chi connectivity index (χ4v) is 5.84. The molecule has 0 heterocycles. The predicted molar refractivity (Wildman–Crippen MR) is 180 cm³/mol. The Morgan fingerprint density at radius 2 is 1.12 bits per heavy atom. The van der Waals surface area contributed by atoms with E-state index in [2.05, 4.69) is 19.2 Å². The Bertz CT molecular complexity index is 688. The molecule has 3 unspecified atom stereocenters. The largest absolute Gasteiger partial charge is 0.474 e. The molecule has 0 aromatic carbocycles. The highest BCUT2D eigenvalue weighted by Crippen LogP contribution is 2.44. The van der Waals surface area contributed by atoms with Gasteiger partial charge >= 0.3 is 7.82 Å². The number of amides is 1. The van der Waals surface area contributed by atoms with Gasteiger partial charge in [0.1, 0.15) is 13.2 Å². The minimum atomic E-state index is -4.37. The first-order chi connectivity index (χ1) is 20.5. The van der Waals surface area contributed by atoms with Gasteiger partial charge in [0.25, 0.3) is 0 Å². The molecule has 0 aliphatic carbocycles. The quantitative estimate of drug-likeness (QED) is 0.0331. The minimum absolute atomic E-state index is 0.0735. The lowest BCUT2D eigenvalue weighted by Crippen LogP contribution is -2.45. The molecule has 8 nitrogen and oxygen atoms in total. The van der Waals surface area contributed by atoms with Gasteiger partial charge in [0.2, 0.25) is 5.91 Å². The fraction of sp³-hybridized carbons (Fsp3) is 0.971. The van der Waals surface area contributed by atoms with Crippen LogP contribution in [0.5, 0.6) is 0 Å². The molecule has 258 valence electrons. The van der Waals surface area contributed by atoms with E-state index in [1.165, 1.54) is 103 Å². The van der Waals surface area contributed by atoms with Crippen LogP contribution in [0.15, 0.2) is 0 Å². The number of carbonyl (C=O) groups is 1. The average molecular weight is 636 g/mol. The van der Waals surface area contributed by atoms with Gasteiger partial charge in [-0.1, -0.05) is 136 Å². The van der Waals surface area contributed by atoms with Crippen LogP contribution in [0, 0.1) is 0 Å². The van der Waals surface area contributed by atoms with E-state index in [1.54, 1.807) is 6.92 Å². The van der Waals surface area contributed by atoms with E-state index in [1.807, 2.05) is 21.1 Å². The smallest absolute Gasteiger partial charge is 0.374 e. The van der Waals surface area contributed by atoms with E-state index in [0.717, 1.165) is 32.1 Å². The maximum Gasteiger partial charge on any atom is 0.474 e. The standard InChI is InChI=1S/C34H71N2O6P/c1-7-9-11-13-15-16-17-18-19-20-21-22-23-24-26-28-33(37)35-34(32(3)40-30-27-25-14-12-10-8-2)42-43(38,39)41-31-29-36(4,5)6/h32,34H,7-31H2,1-6H3,(H-,35,37,38,39)/p+1. The second-order valence-electron chi connectivity index (χ2n) is 13.5. The van der Waals surface area contributed by atoms with Crippen molar-refractivity contribution in [2.45, 2.75) is 174 Å². The second-order valence-corrected chi connectivity index (χ2v) is 14.9. The Morgan fingerprint density at radius 1 is 0.698 bits per heavy atom. The van der Waals surface area contributed by atoms with Gasteiger partial charge in [-0.25, -0.2) is 4.57 Å². The van der Waals surface area contributed by atoms with Crippen molar-refractivity contribution in [3.8, 4) is 0 Å². The van der Waals surface area contributed by atoms with Gasteiger partial charge in [-0.15, -0.1) is 0 Å². The molecular formula is C34H72N2O6P+. The zero-order valence-corrected chi connectivity index (χ0v) is 30.1. The highest BCUT2D eigenvalue weighted by atomic mass is 31.2. The van der Waals surface area contributed by atoms with Gasteiger partial charge in [-0.05, 0) is 19.8 Å². The van der Waals surface area contributed by atoms with Crippen LogP contribution in [0.3, 0.4) is 0 Å². The van der Waals surface area contributed by atoms with Crippen LogP contribution < -0.4 is 5.32 Å². The number of hydrogen-bond donors (Lipinski definition) is 2. The summed E-state index contributed by atoms with van der Waals surface area (Å²) in [4.78, 5) is 23.1. The van der Waals surface area contributed by atoms with Crippen LogP contribution in [-0.2, 0) is 23.1 Å². The number of nitrogens with zero attached hydrogens (tertiary/aromatic N) is 1. The van der Waals surface area contributed by atoms with Crippen LogP contribution in [0.2, 0.25) is 0 Å². The first-order valence-corrected chi connectivity index (χ1v) is 19.4. The molecule has 0 aliphatic heterocycles. The van der Waals surface area contributed by atoms with Gasteiger partial charge in [-0.3, -0.25) is 13.8 Å². The zero-order chi connectivity index (χ0) is 32.2. The van der Waals surface area contributed by atoms with E-state index in [-0.39, 0.29) is 12.5 Å². The Morgan fingerprint density at radius 3 is 1.56 bits per heavy atom. The maximum absolute atomic E-state index is 12.7. The monoisotopic (exact) mass is 636 g/mol. The summed E-state index contributed by atoms with van der Waals surface area (Å²) in [6, 6.07) is 0. The lowest BCUT2D eigenvalue weighted by atomic mass is 10.0. The van der Waals surface area contributed by atoms with Gasteiger partial charge in [0.05, 0.1) is 27.2 Å². The summed E-state index contributed by atoms with van der Waals surface area (Å²) in [5.41, 5.74) is 0. The van der Waals surface area contributed by atoms with Crippen molar-refractivity contribution in [2.75, 3.05) is 40.9 Å². The number of phosphoric acid groups is 1. The Hall–Kier alpha value is -0.500. The van der Waals surface area contributed by atoms with Crippen LogP contribution in [0.4, 0.5) is 0 Å². The molecule has 1 amide bonds. The van der Waals surface area contributed by atoms with Crippen molar-refractivity contribution in [3.63, 3.8) is 0 Å². The first kappa shape index (κ1) is 42.5. The van der Waals surface area contributed by atoms with Gasteiger partial charge in [0, 0.05) is 13.0 Å². The Kier molecular flexibility index (Phi) is 27.5. The number of rotatable bonds is 32. The molecule has 9 heteroatoms. The number of hydrogen-bond acceptors (Lipinski definition) is 5. The number of carbonyl (C=O) groups excluding carboxylic acids is 1. The molecule has 3 atom stereocenters. The van der Waals surface area contributed by atoms with Gasteiger partial charge in [-0.2, -0.15) is 0 Å². The molecule has 0 rings (SSSR count). The highest BCUT2D eigenvalue weighted by Gasteiger charge is 2.32. The fourth-order valence-electron chi connectivity index (χ4n) is 4.96. The van der Waals surface area contributed by atoms with Crippen LogP contribution >= 0.6 is 7.82 Å². The predicted octanol–water partition coefficient (Wildman–Crippen LogP) is 9.30. The van der Waals surface area contributed by atoms with E-state index in [4.69, 9.17) is 13.8 Å². The van der Waals surface area contributed by atoms with Crippen molar-refractivity contribution >= 4 is 13.7 Å². The summed E-state index contributed by atoms with van der Waals surface area (Å²) < 4.78 is 29.8. The van der Waals surface area contributed by atoms with Crippen molar-refractivity contribution in [3.05, 3.63) is 0 Å². The molecule has 0 aliphatic rings. The number of likely N-dealkylation sites (N-methyl/N-ethyl adjacent to an activating group) is 1.